The SMILES string of the molecule is [C-]#[N+]c1ccc(OC2C(C)(C)C(NC(=O)c3cnc(N4[C@H](C)CC(CNC)C[C@@H]4C)nc3)C2(C)C)cc1Cl. The normalized spacial score (nSPS) is 27.7. The Hall–Kier alpha value is -2.89. The van der Waals surface area contributed by atoms with E-state index in [2.05, 4.69) is 71.9 Å². The highest BCUT2D eigenvalue weighted by Crippen LogP contribution is 2.55. The molecule has 0 spiro atoms. The monoisotopic (exact) mass is 538 g/mol. The molecule has 1 aromatic carbocycles. The average Bonchev–Trinajstić information content (AvgIpc) is 2.85. The first kappa shape index (κ1) is 28.1. The van der Waals surface area contributed by atoms with Crippen molar-refractivity contribution in [3.05, 3.63) is 52.6 Å². The first-order valence-electron chi connectivity index (χ1n) is 13.3. The number of hydrogen-bond donors (Lipinski definition) is 2. The third-order valence-corrected chi connectivity index (χ3v) is 8.63. The van der Waals surface area contributed by atoms with E-state index in [1.807, 2.05) is 7.05 Å². The maximum Gasteiger partial charge on any atom is 0.254 e. The van der Waals surface area contributed by atoms with E-state index in [0.717, 1.165) is 19.4 Å². The van der Waals surface area contributed by atoms with E-state index in [1.54, 1.807) is 30.6 Å². The van der Waals surface area contributed by atoms with Gasteiger partial charge in [-0.2, -0.15) is 0 Å². The first-order valence-corrected chi connectivity index (χ1v) is 13.7. The molecule has 1 amide bonds. The number of nitrogens with one attached hydrogen (secondary N) is 2. The number of piperidine rings is 1. The smallest absolute Gasteiger partial charge is 0.254 e. The third kappa shape index (κ3) is 5.19. The molecule has 2 heterocycles. The molecule has 1 aliphatic carbocycles. The predicted octanol–water partition coefficient (Wildman–Crippen LogP) is 5.51. The van der Waals surface area contributed by atoms with Crippen molar-refractivity contribution in [1.82, 2.24) is 20.6 Å². The first-order chi connectivity index (χ1) is 17.9. The Balaban J connectivity index is 1.42. The van der Waals surface area contributed by atoms with Gasteiger partial charge in [0.2, 0.25) is 11.6 Å². The molecular weight excluding hydrogens is 500 g/mol. The Morgan fingerprint density at radius 1 is 1.16 bits per heavy atom. The molecule has 1 saturated heterocycles. The molecule has 3 atom stereocenters. The summed E-state index contributed by atoms with van der Waals surface area (Å²) in [5, 5.41) is 6.87. The van der Waals surface area contributed by atoms with Crippen molar-refractivity contribution in [3.63, 3.8) is 0 Å². The fourth-order valence-corrected chi connectivity index (χ4v) is 7.16. The molecule has 0 radical (unpaired) electrons. The van der Waals surface area contributed by atoms with Crippen LogP contribution in [0, 0.1) is 23.3 Å². The number of nitrogens with zero attached hydrogens (tertiary/aromatic N) is 4. The molecule has 204 valence electrons. The number of benzene rings is 1. The van der Waals surface area contributed by atoms with Crippen LogP contribution in [0.2, 0.25) is 5.02 Å². The van der Waals surface area contributed by atoms with Crippen molar-refractivity contribution in [2.24, 2.45) is 16.7 Å². The zero-order valence-corrected chi connectivity index (χ0v) is 24.1. The molecule has 8 nitrogen and oxygen atoms in total. The fraction of sp³-hybridized carbons (Fsp3) is 0.586. The van der Waals surface area contributed by atoms with E-state index in [0.29, 0.717) is 46.0 Å². The highest BCUT2D eigenvalue weighted by molar-refractivity contribution is 6.33. The standard InChI is InChI=1S/C29H39ClN6O2/c1-17-11-19(14-31-7)12-18(2)36(17)27-33-15-20(16-34-27)24(37)35-25-28(3,4)26(29(25,5)6)38-21-9-10-23(32-8)22(30)13-21/h9-10,13,15-19,25-26,31H,11-12,14H2,1-7H3,(H,35,37)/t17-,18+,19?,25?,26?. The van der Waals surface area contributed by atoms with Crippen molar-refractivity contribution in [3.8, 4) is 5.75 Å². The topological polar surface area (TPSA) is 83.7 Å². The van der Waals surface area contributed by atoms with Gasteiger partial charge in [0, 0.05) is 41.3 Å². The average molecular weight is 539 g/mol. The lowest BCUT2D eigenvalue weighted by atomic mass is 9.49. The lowest BCUT2D eigenvalue weighted by Crippen LogP contribution is -2.74. The quantitative estimate of drug-likeness (QED) is 0.452. The van der Waals surface area contributed by atoms with E-state index in [4.69, 9.17) is 22.9 Å². The maximum atomic E-state index is 13.2. The van der Waals surface area contributed by atoms with Crippen LogP contribution in [0.5, 0.6) is 5.75 Å². The number of ether oxygens (including phenoxy) is 1. The molecule has 2 aliphatic rings. The van der Waals surface area contributed by atoms with Gasteiger partial charge in [0.15, 0.2) is 0 Å². The van der Waals surface area contributed by atoms with Gasteiger partial charge in [0.25, 0.3) is 5.91 Å². The zero-order valence-electron chi connectivity index (χ0n) is 23.4. The van der Waals surface area contributed by atoms with E-state index in [9.17, 15) is 4.79 Å². The zero-order chi connectivity index (χ0) is 27.8. The van der Waals surface area contributed by atoms with Crippen LogP contribution in [-0.2, 0) is 0 Å². The third-order valence-electron chi connectivity index (χ3n) is 8.33. The van der Waals surface area contributed by atoms with E-state index >= 15 is 0 Å². The summed E-state index contributed by atoms with van der Waals surface area (Å²) in [6.45, 7) is 21.0. The molecule has 0 bridgehead atoms. The van der Waals surface area contributed by atoms with Crippen LogP contribution in [0.3, 0.4) is 0 Å². The molecule has 9 heteroatoms. The van der Waals surface area contributed by atoms with Gasteiger partial charge in [0.1, 0.15) is 11.9 Å². The van der Waals surface area contributed by atoms with Gasteiger partial charge < -0.3 is 20.3 Å². The van der Waals surface area contributed by atoms with Gasteiger partial charge in [-0.25, -0.2) is 14.8 Å². The molecule has 1 unspecified atom stereocenters. The number of amides is 1. The molecule has 4 rings (SSSR count). The summed E-state index contributed by atoms with van der Waals surface area (Å²) >= 11 is 6.21. The van der Waals surface area contributed by atoms with Crippen LogP contribution in [0.15, 0.2) is 30.6 Å². The maximum absolute atomic E-state index is 13.2. The number of rotatable bonds is 7. The van der Waals surface area contributed by atoms with Crippen LogP contribution >= 0.6 is 11.6 Å². The highest BCUT2D eigenvalue weighted by atomic mass is 35.5. The molecular formula is C29H39ClN6O2. The summed E-state index contributed by atoms with van der Waals surface area (Å²) in [4.78, 5) is 28.1. The Morgan fingerprint density at radius 2 is 1.76 bits per heavy atom. The minimum Gasteiger partial charge on any atom is -0.489 e. The summed E-state index contributed by atoms with van der Waals surface area (Å²) in [6, 6.07) is 5.64. The van der Waals surface area contributed by atoms with Crippen LogP contribution < -0.4 is 20.3 Å². The molecule has 1 aromatic heterocycles. The summed E-state index contributed by atoms with van der Waals surface area (Å²) in [7, 11) is 2.00. The highest BCUT2D eigenvalue weighted by Gasteiger charge is 2.64. The number of halogens is 1. The van der Waals surface area contributed by atoms with Crippen molar-refractivity contribution in [1.29, 1.82) is 0 Å². The lowest BCUT2D eigenvalue weighted by molar-refractivity contribution is -0.164. The van der Waals surface area contributed by atoms with Gasteiger partial charge in [-0.05, 0) is 58.3 Å². The summed E-state index contributed by atoms with van der Waals surface area (Å²) in [5.74, 6) is 1.73. The minimum absolute atomic E-state index is 0.128. The Labute approximate surface area is 231 Å². The van der Waals surface area contributed by atoms with Crippen LogP contribution in [0.1, 0.15) is 64.7 Å². The second-order valence-corrected chi connectivity index (χ2v) is 12.5. The molecule has 2 aromatic rings. The number of aromatic nitrogens is 2. The van der Waals surface area contributed by atoms with E-state index < -0.39 is 0 Å². The van der Waals surface area contributed by atoms with Gasteiger partial charge >= 0.3 is 0 Å². The largest absolute Gasteiger partial charge is 0.489 e. The van der Waals surface area contributed by atoms with Crippen molar-refractivity contribution in [2.45, 2.75) is 78.6 Å². The van der Waals surface area contributed by atoms with Crippen molar-refractivity contribution in [2.75, 3.05) is 18.5 Å². The molecule has 1 aliphatic heterocycles. The minimum atomic E-state index is -0.340. The summed E-state index contributed by atoms with van der Waals surface area (Å²) < 4.78 is 6.33. The van der Waals surface area contributed by atoms with Gasteiger partial charge in [0.05, 0.1) is 17.2 Å². The second-order valence-electron chi connectivity index (χ2n) is 12.0. The molecule has 2 N–H and O–H groups in total. The van der Waals surface area contributed by atoms with E-state index in [-0.39, 0.29) is 28.9 Å². The predicted molar refractivity (Wildman–Crippen MR) is 151 cm³/mol. The Morgan fingerprint density at radius 3 is 2.29 bits per heavy atom. The van der Waals surface area contributed by atoms with Gasteiger partial charge in [-0.1, -0.05) is 45.4 Å². The van der Waals surface area contributed by atoms with E-state index in [1.165, 1.54) is 0 Å². The lowest BCUT2D eigenvalue weighted by Gasteiger charge is -2.63. The summed E-state index contributed by atoms with van der Waals surface area (Å²) in [5.41, 5.74) is 0.157. The van der Waals surface area contributed by atoms with Gasteiger partial charge in [-0.15, -0.1) is 0 Å². The second kappa shape index (κ2) is 10.7. The molecule has 1 saturated carbocycles. The number of carbonyl (C=O) groups is 1. The fourth-order valence-electron chi connectivity index (χ4n) is 6.95. The van der Waals surface area contributed by atoms with Crippen molar-refractivity contribution < 1.29 is 9.53 Å². The van der Waals surface area contributed by atoms with Crippen LogP contribution in [-0.4, -0.2) is 53.7 Å². The van der Waals surface area contributed by atoms with Crippen LogP contribution in [0.4, 0.5) is 11.6 Å². The van der Waals surface area contributed by atoms with Crippen LogP contribution in [0.25, 0.3) is 4.85 Å². The molecule has 2 fully saturated rings. The van der Waals surface area contributed by atoms with Crippen molar-refractivity contribution >= 4 is 29.1 Å². The van der Waals surface area contributed by atoms with Gasteiger partial charge in [-0.3, -0.25) is 4.79 Å². The summed E-state index contributed by atoms with van der Waals surface area (Å²) in [6.07, 6.45) is 5.26. The number of carbonyl (C=O) groups excluding carboxylic acids is 1. The number of anilines is 1. The number of hydrogen-bond acceptors (Lipinski definition) is 6. The molecule has 38 heavy (non-hydrogen) atoms. The Bertz CT molecular complexity index is 1180. The Kier molecular flexibility index (Phi) is 7.92.